The number of hydrogen-bond acceptors (Lipinski definition) is 7. The van der Waals surface area contributed by atoms with E-state index in [-0.39, 0.29) is 0 Å². The summed E-state index contributed by atoms with van der Waals surface area (Å²) in [5, 5.41) is 0. The van der Waals surface area contributed by atoms with Gasteiger partial charge in [-0.25, -0.2) is 0 Å². The Morgan fingerprint density at radius 3 is 1.41 bits per heavy atom. The quantitative estimate of drug-likeness (QED) is 0.400. The van der Waals surface area contributed by atoms with Gasteiger partial charge in [-0.15, -0.1) is 0 Å². The molecule has 5 atom stereocenters. The molecule has 0 aromatic rings. The van der Waals surface area contributed by atoms with Crippen molar-refractivity contribution in [2.24, 2.45) is 0 Å². The molecule has 0 radical (unpaired) electrons. The van der Waals surface area contributed by atoms with Crippen LogP contribution in [0.25, 0.3) is 0 Å². The third-order valence-electron chi connectivity index (χ3n) is 7.96. The molecule has 0 bridgehead atoms. The van der Waals surface area contributed by atoms with Crippen LogP contribution in [0.5, 0.6) is 0 Å². The number of ether oxygens (including phenoxy) is 3. The van der Waals surface area contributed by atoms with Gasteiger partial charge in [0, 0.05) is 78.5 Å². The van der Waals surface area contributed by atoms with E-state index in [4.69, 9.17) is 14.2 Å². The van der Waals surface area contributed by atoms with E-state index in [0.29, 0.717) is 30.5 Å². The van der Waals surface area contributed by atoms with Crippen molar-refractivity contribution in [3.05, 3.63) is 0 Å². The van der Waals surface area contributed by atoms with Crippen molar-refractivity contribution in [3.8, 4) is 0 Å². The molecule has 0 spiro atoms. The Hall–Kier alpha value is -0.280. The average molecular weight is 483 g/mol. The van der Waals surface area contributed by atoms with Crippen molar-refractivity contribution in [3.63, 3.8) is 0 Å². The maximum atomic E-state index is 6.23. The average Bonchev–Trinajstić information content (AvgIpc) is 2.87. The fourth-order valence-corrected chi connectivity index (χ4v) is 5.56. The zero-order valence-electron chi connectivity index (χ0n) is 22.9. The highest BCUT2D eigenvalue weighted by molar-refractivity contribution is 4.80. The third-order valence-corrected chi connectivity index (χ3v) is 7.96. The summed E-state index contributed by atoms with van der Waals surface area (Å²) >= 11 is 0. The fraction of sp³-hybridized carbons (Fsp3) is 1.00. The minimum absolute atomic E-state index is 0.359. The van der Waals surface area contributed by atoms with Crippen molar-refractivity contribution in [2.75, 3.05) is 85.1 Å². The van der Waals surface area contributed by atoms with Gasteiger partial charge in [0.15, 0.2) is 0 Å². The lowest BCUT2D eigenvalue weighted by atomic mass is 10.1. The van der Waals surface area contributed by atoms with Gasteiger partial charge in [0.05, 0.1) is 37.1 Å². The SMILES string of the molecule is CCC1CN(CCN(CCN2CCOC(C)C2)CCN2CC(CC)OC(CC)C2)CC(CC)O1. The van der Waals surface area contributed by atoms with Gasteiger partial charge in [-0.3, -0.25) is 19.6 Å². The maximum Gasteiger partial charge on any atom is 0.0703 e. The summed E-state index contributed by atoms with van der Waals surface area (Å²) in [6.07, 6.45) is 6.39. The summed E-state index contributed by atoms with van der Waals surface area (Å²) in [4.78, 5) is 10.6. The van der Waals surface area contributed by atoms with E-state index < -0.39 is 0 Å². The normalized spacial score (nSPS) is 32.5. The summed E-state index contributed by atoms with van der Waals surface area (Å²) in [5.74, 6) is 0. The Kier molecular flexibility index (Phi) is 12.6. The molecule has 0 aromatic heterocycles. The molecule has 0 N–H and O–H groups in total. The Bertz CT molecular complexity index is 496. The second-order valence-corrected chi connectivity index (χ2v) is 10.7. The fourth-order valence-electron chi connectivity index (χ4n) is 5.56. The highest BCUT2D eigenvalue weighted by Gasteiger charge is 2.28. The Labute approximate surface area is 210 Å². The van der Waals surface area contributed by atoms with Crippen LogP contribution in [0.2, 0.25) is 0 Å². The molecular weight excluding hydrogens is 428 g/mol. The predicted molar refractivity (Wildman–Crippen MR) is 140 cm³/mol. The number of morpholine rings is 3. The summed E-state index contributed by atoms with van der Waals surface area (Å²) < 4.78 is 18.2. The molecule has 7 nitrogen and oxygen atoms in total. The van der Waals surface area contributed by atoms with Crippen LogP contribution in [0.3, 0.4) is 0 Å². The minimum Gasteiger partial charge on any atom is -0.376 e. The standard InChI is InChI=1S/C27H54N4O3/c1-6-24-19-30(20-25(7-2)33-24)14-11-28(10-13-29-16-17-32-23(5)18-29)12-15-31-21-26(8-3)34-27(9-4)22-31/h23-27H,6-22H2,1-5H3. The second kappa shape index (κ2) is 15.1. The molecule has 0 saturated carbocycles. The zero-order chi connectivity index (χ0) is 24.3. The van der Waals surface area contributed by atoms with E-state index >= 15 is 0 Å². The first-order chi connectivity index (χ1) is 16.5. The lowest BCUT2D eigenvalue weighted by molar-refractivity contribution is -0.0912. The minimum atomic E-state index is 0.359. The highest BCUT2D eigenvalue weighted by Crippen LogP contribution is 2.17. The molecule has 200 valence electrons. The van der Waals surface area contributed by atoms with Crippen LogP contribution in [-0.4, -0.2) is 135 Å². The Morgan fingerprint density at radius 1 is 0.618 bits per heavy atom. The monoisotopic (exact) mass is 482 g/mol. The van der Waals surface area contributed by atoms with E-state index in [1.807, 2.05) is 0 Å². The van der Waals surface area contributed by atoms with E-state index in [1.165, 1.54) is 0 Å². The molecule has 3 aliphatic heterocycles. The largest absolute Gasteiger partial charge is 0.376 e. The molecule has 3 aliphatic rings. The summed E-state index contributed by atoms with van der Waals surface area (Å²) in [5.41, 5.74) is 0. The van der Waals surface area contributed by atoms with Gasteiger partial charge in [0.1, 0.15) is 0 Å². The van der Waals surface area contributed by atoms with Crippen LogP contribution in [0.15, 0.2) is 0 Å². The summed E-state index contributed by atoms with van der Waals surface area (Å²) in [6, 6.07) is 0. The molecule has 0 amide bonds. The predicted octanol–water partition coefficient (Wildman–Crippen LogP) is 2.79. The van der Waals surface area contributed by atoms with Crippen molar-refractivity contribution in [1.82, 2.24) is 19.6 Å². The number of nitrogens with zero attached hydrogens (tertiary/aromatic N) is 4. The Balaban J connectivity index is 1.52. The van der Waals surface area contributed by atoms with Crippen LogP contribution in [0, 0.1) is 0 Å². The van der Waals surface area contributed by atoms with Crippen LogP contribution in [0.1, 0.15) is 60.3 Å². The zero-order valence-corrected chi connectivity index (χ0v) is 22.9. The summed E-state index contributed by atoms with van der Waals surface area (Å²) in [6.45, 7) is 25.4. The molecule has 3 heterocycles. The van der Waals surface area contributed by atoms with Crippen molar-refractivity contribution < 1.29 is 14.2 Å². The second-order valence-electron chi connectivity index (χ2n) is 10.7. The molecule has 3 rings (SSSR count). The molecular formula is C27H54N4O3. The molecule has 3 saturated heterocycles. The van der Waals surface area contributed by atoms with Crippen LogP contribution in [0.4, 0.5) is 0 Å². The van der Waals surface area contributed by atoms with E-state index in [1.54, 1.807) is 0 Å². The number of rotatable bonds is 13. The Morgan fingerprint density at radius 2 is 1.03 bits per heavy atom. The molecule has 5 unspecified atom stereocenters. The first-order valence-electron chi connectivity index (χ1n) is 14.3. The topological polar surface area (TPSA) is 40.7 Å². The third kappa shape index (κ3) is 9.30. The first-order valence-corrected chi connectivity index (χ1v) is 14.3. The van der Waals surface area contributed by atoms with E-state index in [0.717, 1.165) is 111 Å². The van der Waals surface area contributed by atoms with Gasteiger partial charge >= 0.3 is 0 Å². The molecule has 7 heteroatoms. The van der Waals surface area contributed by atoms with Crippen LogP contribution >= 0.6 is 0 Å². The highest BCUT2D eigenvalue weighted by atomic mass is 16.5. The van der Waals surface area contributed by atoms with Gasteiger partial charge in [0.25, 0.3) is 0 Å². The van der Waals surface area contributed by atoms with Gasteiger partial charge < -0.3 is 14.2 Å². The van der Waals surface area contributed by atoms with Crippen LogP contribution in [-0.2, 0) is 14.2 Å². The van der Waals surface area contributed by atoms with E-state index in [9.17, 15) is 0 Å². The lowest BCUT2D eigenvalue weighted by Crippen LogP contribution is -2.52. The van der Waals surface area contributed by atoms with Gasteiger partial charge in [0.2, 0.25) is 0 Å². The van der Waals surface area contributed by atoms with Crippen molar-refractivity contribution >= 4 is 0 Å². The van der Waals surface area contributed by atoms with Crippen LogP contribution < -0.4 is 0 Å². The first kappa shape index (κ1) is 28.3. The molecule has 0 aromatic carbocycles. The maximum absolute atomic E-state index is 6.23. The lowest BCUT2D eigenvalue weighted by Gasteiger charge is -2.40. The van der Waals surface area contributed by atoms with Gasteiger partial charge in [-0.2, -0.15) is 0 Å². The van der Waals surface area contributed by atoms with Crippen molar-refractivity contribution in [2.45, 2.75) is 90.8 Å². The smallest absolute Gasteiger partial charge is 0.0703 e. The summed E-state index contributed by atoms with van der Waals surface area (Å²) in [7, 11) is 0. The van der Waals surface area contributed by atoms with Gasteiger partial charge in [-0.05, 0) is 32.6 Å². The molecule has 3 fully saturated rings. The molecule has 34 heavy (non-hydrogen) atoms. The van der Waals surface area contributed by atoms with E-state index in [2.05, 4.69) is 54.2 Å². The van der Waals surface area contributed by atoms with Crippen molar-refractivity contribution in [1.29, 1.82) is 0 Å². The number of hydrogen-bond donors (Lipinski definition) is 0. The molecule has 0 aliphatic carbocycles. The van der Waals surface area contributed by atoms with Gasteiger partial charge in [-0.1, -0.05) is 27.7 Å².